The molecule has 0 spiro atoms. The van der Waals surface area contributed by atoms with Crippen LogP contribution in [0.5, 0.6) is 0 Å². The second kappa shape index (κ2) is 7.41. The van der Waals surface area contributed by atoms with Crippen LogP contribution in [0.3, 0.4) is 0 Å². The van der Waals surface area contributed by atoms with Gasteiger partial charge in [0, 0.05) is 24.4 Å². The predicted molar refractivity (Wildman–Crippen MR) is 104 cm³/mol. The summed E-state index contributed by atoms with van der Waals surface area (Å²) in [7, 11) is 0. The molecule has 0 aliphatic rings. The molecule has 1 aromatic carbocycles. The second-order valence-corrected chi connectivity index (χ2v) is 8.34. The fourth-order valence-electron chi connectivity index (χ4n) is 2.64. The molecule has 0 aliphatic carbocycles. The maximum atomic E-state index is 12.6. The minimum Gasteiger partial charge on any atom is -0.347 e. The predicted octanol–water partition coefficient (Wildman–Crippen LogP) is 3.92. The summed E-state index contributed by atoms with van der Waals surface area (Å²) in [6.07, 6.45) is 3.70. The van der Waals surface area contributed by atoms with Gasteiger partial charge in [-0.25, -0.2) is 4.98 Å². The fourth-order valence-corrected chi connectivity index (χ4v) is 3.68. The maximum absolute atomic E-state index is 12.6. The number of nitrogens with one attached hydrogen (secondary N) is 1. The number of rotatable bonds is 5. The average Bonchev–Trinajstić information content (AvgIpc) is 3.23. The Balaban J connectivity index is 1.72. The molecule has 0 aliphatic heterocycles. The molecule has 1 N–H and O–H groups in total. The molecule has 5 nitrogen and oxygen atoms in total. The molecule has 0 radical (unpaired) electrons. The monoisotopic (exact) mass is 368 g/mol. The third kappa shape index (κ3) is 4.19. The molecule has 2 heterocycles. The molecule has 0 bridgehead atoms. The zero-order valence-corrected chi connectivity index (χ0v) is 16.4. The largest absolute Gasteiger partial charge is 0.347 e. The van der Waals surface area contributed by atoms with Crippen molar-refractivity contribution in [3.63, 3.8) is 0 Å². The number of amides is 1. The van der Waals surface area contributed by atoms with Crippen LogP contribution in [-0.4, -0.2) is 20.7 Å². The van der Waals surface area contributed by atoms with Crippen molar-refractivity contribution in [1.82, 2.24) is 20.1 Å². The van der Waals surface area contributed by atoms with Crippen LogP contribution < -0.4 is 5.32 Å². The fraction of sp³-hybridized carbons (Fsp3) is 0.350. The zero-order chi connectivity index (χ0) is 18.7. The number of hydrogen-bond acceptors (Lipinski definition) is 4. The molecule has 3 aromatic rings. The van der Waals surface area contributed by atoms with Crippen LogP contribution in [-0.2, 0) is 18.5 Å². The molecule has 0 atom stereocenters. The van der Waals surface area contributed by atoms with Gasteiger partial charge in [-0.05, 0) is 24.1 Å². The molecule has 6 heteroatoms. The van der Waals surface area contributed by atoms with Gasteiger partial charge in [0.15, 0.2) is 0 Å². The van der Waals surface area contributed by atoms with Gasteiger partial charge in [0.1, 0.15) is 4.88 Å². The minimum absolute atomic E-state index is 0.0513. The summed E-state index contributed by atoms with van der Waals surface area (Å²) >= 11 is 1.48. The molecule has 0 unspecified atom stereocenters. The number of thiazole rings is 1. The van der Waals surface area contributed by atoms with Crippen molar-refractivity contribution in [2.24, 2.45) is 0 Å². The Morgan fingerprint density at radius 1 is 1.19 bits per heavy atom. The van der Waals surface area contributed by atoms with E-state index in [0.717, 1.165) is 21.8 Å². The quantitative estimate of drug-likeness (QED) is 0.742. The highest BCUT2D eigenvalue weighted by Crippen LogP contribution is 2.29. The lowest BCUT2D eigenvalue weighted by Gasteiger charge is -2.13. The van der Waals surface area contributed by atoms with Crippen LogP contribution in [0.25, 0.3) is 0 Å². The Hall–Kier alpha value is -2.47. The van der Waals surface area contributed by atoms with E-state index in [-0.39, 0.29) is 11.3 Å². The van der Waals surface area contributed by atoms with Crippen molar-refractivity contribution in [3.05, 3.63) is 69.4 Å². The Bertz CT molecular complexity index is 891. The molecule has 1 amide bonds. The lowest BCUT2D eigenvalue weighted by atomic mass is 9.98. The Kier molecular flexibility index (Phi) is 5.23. The summed E-state index contributed by atoms with van der Waals surface area (Å²) in [4.78, 5) is 17.9. The smallest absolute Gasteiger partial charge is 0.263 e. The first-order valence-corrected chi connectivity index (χ1v) is 9.46. The standard InChI is InChI=1S/C20H24N4OS/c1-14-17(26-19(23-14)20(2,3)4)18(25)21-12-15-8-5-6-9-16(15)13-24-11-7-10-22-24/h5-11H,12-13H2,1-4H3,(H,21,25). The molecular formula is C20H24N4OS. The molecule has 136 valence electrons. The van der Waals surface area contributed by atoms with Gasteiger partial charge < -0.3 is 5.32 Å². The maximum Gasteiger partial charge on any atom is 0.263 e. The van der Waals surface area contributed by atoms with Crippen LogP contribution in [0.1, 0.15) is 52.3 Å². The highest BCUT2D eigenvalue weighted by atomic mass is 32.1. The molecule has 3 rings (SSSR count). The minimum atomic E-state index is -0.0654. The SMILES string of the molecule is Cc1nc(C(C)(C)C)sc1C(=O)NCc1ccccc1Cn1cccn1. The number of carbonyl (C=O) groups is 1. The zero-order valence-electron chi connectivity index (χ0n) is 15.6. The Morgan fingerprint density at radius 3 is 2.54 bits per heavy atom. The number of hydrogen-bond donors (Lipinski definition) is 1. The average molecular weight is 369 g/mol. The molecule has 2 aromatic heterocycles. The lowest BCUT2D eigenvalue weighted by Crippen LogP contribution is -2.23. The van der Waals surface area contributed by atoms with E-state index in [4.69, 9.17) is 0 Å². The van der Waals surface area contributed by atoms with E-state index in [1.54, 1.807) is 6.20 Å². The number of carbonyl (C=O) groups excluding carboxylic acids is 1. The summed E-state index contributed by atoms with van der Waals surface area (Å²) < 4.78 is 1.88. The van der Waals surface area contributed by atoms with Crippen molar-refractivity contribution < 1.29 is 4.79 Å². The number of aromatic nitrogens is 3. The Morgan fingerprint density at radius 2 is 1.92 bits per heavy atom. The highest BCUT2D eigenvalue weighted by Gasteiger charge is 2.23. The molecule has 26 heavy (non-hydrogen) atoms. The van der Waals surface area contributed by atoms with E-state index in [1.165, 1.54) is 11.3 Å². The summed E-state index contributed by atoms with van der Waals surface area (Å²) in [5, 5.41) is 8.28. The summed E-state index contributed by atoms with van der Waals surface area (Å²) in [6, 6.07) is 10.0. The summed E-state index contributed by atoms with van der Waals surface area (Å²) in [6.45, 7) is 9.40. The molecule has 0 fully saturated rings. The van der Waals surface area contributed by atoms with Gasteiger partial charge in [0.05, 0.1) is 17.2 Å². The van der Waals surface area contributed by atoms with Crippen LogP contribution in [0, 0.1) is 6.92 Å². The molecular weight excluding hydrogens is 344 g/mol. The summed E-state index contributed by atoms with van der Waals surface area (Å²) in [5.74, 6) is -0.0654. The van der Waals surface area contributed by atoms with Crippen LogP contribution in [0.2, 0.25) is 0 Å². The van der Waals surface area contributed by atoms with Crippen molar-refractivity contribution >= 4 is 17.2 Å². The number of aryl methyl sites for hydroxylation is 1. The van der Waals surface area contributed by atoms with Gasteiger partial charge in [-0.3, -0.25) is 9.48 Å². The topological polar surface area (TPSA) is 59.8 Å². The lowest BCUT2D eigenvalue weighted by molar-refractivity contribution is 0.0954. The summed E-state index contributed by atoms with van der Waals surface area (Å²) in [5.41, 5.74) is 2.98. The van der Waals surface area contributed by atoms with Crippen LogP contribution >= 0.6 is 11.3 Å². The molecule has 0 saturated heterocycles. The van der Waals surface area contributed by atoms with Gasteiger partial charge in [-0.1, -0.05) is 45.0 Å². The van der Waals surface area contributed by atoms with Crippen LogP contribution in [0.15, 0.2) is 42.7 Å². The third-order valence-corrected chi connectivity index (χ3v) is 5.68. The van der Waals surface area contributed by atoms with Gasteiger partial charge in [0.25, 0.3) is 5.91 Å². The second-order valence-electron chi connectivity index (χ2n) is 7.34. The van der Waals surface area contributed by atoms with Gasteiger partial charge in [-0.15, -0.1) is 11.3 Å². The Labute approximate surface area is 158 Å². The van der Waals surface area contributed by atoms with E-state index in [9.17, 15) is 4.79 Å². The van der Waals surface area contributed by atoms with Crippen LogP contribution in [0.4, 0.5) is 0 Å². The van der Waals surface area contributed by atoms with E-state index in [1.807, 2.05) is 42.1 Å². The van der Waals surface area contributed by atoms with Crippen molar-refractivity contribution in [1.29, 1.82) is 0 Å². The van der Waals surface area contributed by atoms with Gasteiger partial charge >= 0.3 is 0 Å². The highest BCUT2D eigenvalue weighted by molar-refractivity contribution is 7.14. The normalized spacial score (nSPS) is 11.5. The van der Waals surface area contributed by atoms with Crippen molar-refractivity contribution in [3.8, 4) is 0 Å². The number of nitrogens with zero attached hydrogens (tertiary/aromatic N) is 3. The first-order chi connectivity index (χ1) is 12.3. The van der Waals surface area contributed by atoms with E-state index in [2.05, 4.69) is 42.2 Å². The van der Waals surface area contributed by atoms with E-state index >= 15 is 0 Å². The first-order valence-electron chi connectivity index (χ1n) is 8.65. The van der Waals surface area contributed by atoms with E-state index in [0.29, 0.717) is 18.0 Å². The van der Waals surface area contributed by atoms with Crippen molar-refractivity contribution in [2.75, 3.05) is 0 Å². The first kappa shape index (κ1) is 18.3. The molecule has 0 saturated carbocycles. The third-order valence-electron chi connectivity index (χ3n) is 4.09. The van der Waals surface area contributed by atoms with Gasteiger partial charge in [0.2, 0.25) is 0 Å². The number of benzene rings is 1. The van der Waals surface area contributed by atoms with Crippen molar-refractivity contribution in [2.45, 2.75) is 46.2 Å². The van der Waals surface area contributed by atoms with E-state index < -0.39 is 0 Å². The van der Waals surface area contributed by atoms with Gasteiger partial charge in [-0.2, -0.15) is 5.10 Å².